The molecule has 1 aromatic carbocycles. The highest BCUT2D eigenvalue weighted by Crippen LogP contribution is 2.16. The molecule has 22 heavy (non-hydrogen) atoms. The molecule has 0 N–H and O–H groups in total. The third-order valence-electron chi connectivity index (χ3n) is 3.34. The maximum Gasteiger partial charge on any atom is 0.224 e. The number of hydrogen-bond acceptors (Lipinski definition) is 4. The smallest absolute Gasteiger partial charge is 0.224 e. The number of ether oxygens (including phenoxy) is 1. The van der Waals surface area contributed by atoms with Crippen molar-refractivity contribution < 1.29 is 9.53 Å². The first-order valence-corrected chi connectivity index (χ1v) is 7.32. The number of rotatable bonds is 7. The number of carbonyl (C=O) groups is 1. The predicted octanol–water partition coefficient (Wildman–Crippen LogP) is 1.82. The van der Waals surface area contributed by atoms with Gasteiger partial charge in [0.15, 0.2) is 0 Å². The van der Waals surface area contributed by atoms with E-state index in [0.29, 0.717) is 26.1 Å². The van der Waals surface area contributed by atoms with Crippen molar-refractivity contribution in [1.82, 2.24) is 19.7 Å². The first kappa shape index (κ1) is 16.0. The molecule has 6 heteroatoms. The average Bonchev–Trinajstić information content (AvgIpc) is 2.96. The predicted molar refractivity (Wildman–Crippen MR) is 83.7 cm³/mol. The Morgan fingerprint density at radius 1 is 1.27 bits per heavy atom. The monoisotopic (exact) mass is 302 g/mol. The van der Waals surface area contributed by atoms with E-state index >= 15 is 0 Å². The largest absolute Gasteiger partial charge is 0.492 e. The molecule has 0 aliphatic carbocycles. The van der Waals surface area contributed by atoms with Crippen LogP contribution in [0.15, 0.2) is 30.9 Å². The quantitative estimate of drug-likeness (QED) is 0.783. The second-order valence-corrected chi connectivity index (χ2v) is 5.40. The van der Waals surface area contributed by atoms with E-state index in [1.54, 1.807) is 23.0 Å². The summed E-state index contributed by atoms with van der Waals surface area (Å²) >= 11 is 0. The number of carbonyl (C=O) groups excluding carboxylic acids is 1. The van der Waals surface area contributed by atoms with Crippen molar-refractivity contribution in [3.05, 3.63) is 42.0 Å². The maximum absolute atomic E-state index is 12.0. The van der Waals surface area contributed by atoms with Gasteiger partial charge in [-0.3, -0.25) is 9.48 Å². The lowest BCUT2D eigenvalue weighted by Gasteiger charge is -2.17. The molecule has 0 unspecified atom stereocenters. The Bertz CT molecular complexity index is 590. The zero-order chi connectivity index (χ0) is 15.9. The molecule has 6 nitrogen and oxygen atoms in total. The average molecular weight is 302 g/mol. The molecule has 1 amide bonds. The van der Waals surface area contributed by atoms with Crippen molar-refractivity contribution in [2.24, 2.45) is 0 Å². The first-order chi connectivity index (χ1) is 10.5. The maximum atomic E-state index is 12.0. The zero-order valence-corrected chi connectivity index (χ0v) is 13.3. The zero-order valence-electron chi connectivity index (χ0n) is 13.3. The van der Waals surface area contributed by atoms with Gasteiger partial charge in [-0.2, -0.15) is 5.10 Å². The normalized spacial score (nSPS) is 10.5. The summed E-state index contributed by atoms with van der Waals surface area (Å²) in [5.74, 6) is 0.917. The second kappa shape index (κ2) is 7.59. The standard InChI is InChI=1S/C16H22N4O2/c1-13-8-14(2)10-15(9-13)22-7-6-19(3)16(21)4-5-20-12-17-11-18-20/h8-12H,4-7H2,1-3H3. The third-order valence-corrected chi connectivity index (χ3v) is 3.34. The number of hydrogen-bond donors (Lipinski definition) is 0. The number of amides is 1. The van der Waals surface area contributed by atoms with Gasteiger partial charge < -0.3 is 9.64 Å². The van der Waals surface area contributed by atoms with Crippen LogP contribution in [0.4, 0.5) is 0 Å². The van der Waals surface area contributed by atoms with Gasteiger partial charge in [-0.05, 0) is 37.1 Å². The summed E-state index contributed by atoms with van der Waals surface area (Å²) in [6, 6.07) is 6.10. The van der Waals surface area contributed by atoms with Crippen LogP contribution in [-0.2, 0) is 11.3 Å². The lowest BCUT2D eigenvalue weighted by molar-refractivity contribution is -0.130. The van der Waals surface area contributed by atoms with E-state index in [4.69, 9.17) is 4.74 Å². The van der Waals surface area contributed by atoms with Gasteiger partial charge in [-0.1, -0.05) is 6.07 Å². The second-order valence-electron chi connectivity index (χ2n) is 5.40. The molecule has 1 heterocycles. The molecule has 0 aliphatic heterocycles. The summed E-state index contributed by atoms with van der Waals surface area (Å²) in [6.45, 7) is 5.66. The Kier molecular flexibility index (Phi) is 5.52. The Hall–Kier alpha value is -2.37. The highest BCUT2D eigenvalue weighted by Gasteiger charge is 2.09. The molecule has 0 saturated carbocycles. The number of aryl methyl sites for hydroxylation is 3. The van der Waals surface area contributed by atoms with Crippen molar-refractivity contribution in [2.45, 2.75) is 26.8 Å². The summed E-state index contributed by atoms with van der Waals surface area (Å²) in [4.78, 5) is 17.5. The van der Waals surface area contributed by atoms with E-state index in [-0.39, 0.29) is 5.91 Å². The molecule has 0 fully saturated rings. The molecule has 0 spiro atoms. The fourth-order valence-corrected chi connectivity index (χ4v) is 2.19. The van der Waals surface area contributed by atoms with Crippen LogP contribution in [0.2, 0.25) is 0 Å². The van der Waals surface area contributed by atoms with E-state index in [2.05, 4.69) is 16.1 Å². The Morgan fingerprint density at radius 2 is 2.00 bits per heavy atom. The van der Waals surface area contributed by atoms with Gasteiger partial charge in [0.05, 0.1) is 13.1 Å². The minimum absolute atomic E-state index is 0.0690. The Morgan fingerprint density at radius 3 is 2.64 bits per heavy atom. The summed E-state index contributed by atoms with van der Waals surface area (Å²) in [5.41, 5.74) is 2.35. The van der Waals surface area contributed by atoms with Crippen LogP contribution >= 0.6 is 0 Å². The van der Waals surface area contributed by atoms with Gasteiger partial charge in [0.1, 0.15) is 25.0 Å². The molecule has 0 atom stereocenters. The van der Waals surface area contributed by atoms with Crippen LogP contribution < -0.4 is 4.74 Å². The summed E-state index contributed by atoms with van der Waals surface area (Å²) in [6.07, 6.45) is 3.48. The van der Waals surface area contributed by atoms with Crippen molar-refractivity contribution in [2.75, 3.05) is 20.2 Å². The molecular formula is C16H22N4O2. The molecular weight excluding hydrogens is 280 g/mol. The highest BCUT2D eigenvalue weighted by molar-refractivity contribution is 5.75. The van der Waals surface area contributed by atoms with E-state index in [0.717, 1.165) is 5.75 Å². The third kappa shape index (κ3) is 4.87. The van der Waals surface area contributed by atoms with Crippen LogP contribution in [0, 0.1) is 13.8 Å². The molecule has 2 rings (SSSR count). The topological polar surface area (TPSA) is 60.2 Å². The van der Waals surface area contributed by atoms with Crippen LogP contribution in [0.5, 0.6) is 5.75 Å². The number of benzene rings is 1. The molecule has 0 aliphatic rings. The van der Waals surface area contributed by atoms with Crippen LogP contribution in [0.3, 0.4) is 0 Å². The number of aromatic nitrogens is 3. The van der Waals surface area contributed by atoms with E-state index in [9.17, 15) is 4.79 Å². The van der Waals surface area contributed by atoms with E-state index in [1.807, 2.05) is 26.0 Å². The SMILES string of the molecule is Cc1cc(C)cc(OCCN(C)C(=O)CCn2cncn2)c1. The number of nitrogens with zero attached hydrogens (tertiary/aromatic N) is 4. The van der Waals surface area contributed by atoms with Gasteiger partial charge in [-0.25, -0.2) is 4.98 Å². The van der Waals surface area contributed by atoms with Gasteiger partial charge in [0.2, 0.25) is 5.91 Å². The molecule has 1 aromatic heterocycles. The van der Waals surface area contributed by atoms with Gasteiger partial charge in [-0.15, -0.1) is 0 Å². The molecule has 118 valence electrons. The van der Waals surface area contributed by atoms with Gasteiger partial charge in [0, 0.05) is 13.5 Å². The van der Waals surface area contributed by atoms with Crippen molar-refractivity contribution >= 4 is 5.91 Å². The Balaban J connectivity index is 1.72. The van der Waals surface area contributed by atoms with Crippen molar-refractivity contribution in [3.8, 4) is 5.75 Å². The first-order valence-electron chi connectivity index (χ1n) is 7.32. The van der Waals surface area contributed by atoms with Crippen molar-refractivity contribution in [3.63, 3.8) is 0 Å². The summed E-state index contributed by atoms with van der Waals surface area (Å²) in [7, 11) is 1.79. The van der Waals surface area contributed by atoms with Gasteiger partial charge >= 0.3 is 0 Å². The molecule has 0 bridgehead atoms. The van der Waals surface area contributed by atoms with Gasteiger partial charge in [0.25, 0.3) is 0 Å². The minimum atomic E-state index is 0.0690. The molecule has 0 radical (unpaired) electrons. The van der Waals surface area contributed by atoms with Crippen molar-refractivity contribution in [1.29, 1.82) is 0 Å². The fourth-order valence-electron chi connectivity index (χ4n) is 2.19. The molecule has 2 aromatic rings. The van der Waals surface area contributed by atoms with E-state index in [1.165, 1.54) is 17.5 Å². The lowest BCUT2D eigenvalue weighted by atomic mass is 10.1. The van der Waals surface area contributed by atoms with Crippen LogP contribution in [-0.4, -0.2) is 45.8 Å². The Labute approximate surface area is 130 Å². The lowest BCUT2D eigenvalue weighted by Crippen LogP contribution is -2.31. The fraction of sp³-hybridized carbons (Fsp3) is 0.438. The van der Waals surface area contributed by atoms with E-state index < -0.39 is 0 Å². The highest BCUT2D eigenvalue weighted by atomic mass is 16.5. The van der Waals surface area contributed by atoms with Crippen LogP contribution in [0.1, 0.15) is 17.5 Å². The summed E-state index contributed by atoms with van der Waals surface area (Å²) in [5, 5.41) is 3.98. The van der Waals surface area contributed by atoms with Crippen LogP contribution in [0.25, 0.3) is 0 Å². The number of likely N-dealkylation sites (N-methyl/N-ethyl adjacent to an activating group) is 1. The summed E-state index contributed by atoms with van der Waals surface area (Å²) < 4.78 is 7.37. The minimum Gasteiger partial charge on any atom is -0.492 e. The molecule has 0 saturated heterocycles.